The first-order valence-electron chi connectivity index (χ1n) is 3.65. The number of pyridine rings is 2. The minimum Gasteiger partial charge on any atom is -0.256 e. The Labute approximate surface area is 75.0 Å². The first-order valence-corrected chi connectivity index (χ1v) is 4.88. The highest BCUT2D eigenvalue weighted by atomic mass is 32.2. The standard InChI is InChI=1S/C9H8N2S/c1-12-9-7-3-2-5-10-8(7)4-6-11-9/h2-6H,1H3. The molecule has 0 aliphatic heterocycles. The highest BCUT2D eigenvalue weighted by Gasteiger charge is 1.99. The van der Waals surface area contributed by atoms with Crippen LogP contribution in [0.3, 0.4) is 0 Å². The van der Waals surface area contributed by atoms with Crippen molar-refractivity contribution < 1.29 is 0 Å². The molecule has 0 aliphatic carbocycles. The van der Waals surface area contributed by atoms with Gasteiger partial charge in [-0.05, 0) is 24.5 Å². The largest absolute Gasteiger partial charge is 0.256 e. The molecular weight excluding hydrogens is 168 g/mol. The van der Waals surface area contributed by atoms with Crippen molar-refractivity contribution in [1.29, 1.82) is 0 Å². The van der Waals surface area contributed by atoms with Crippen LogP contribution in [0.4, 0.5) is 0 Å². The summed E-state index contributed by atoms with van der Waals surface area (Å²) in [7, 11) is 0. The summed E-state index contributed by atoms with van der Waals surface area (Å²) in [5.74, 6) is 0. The van der Waals surface area contributed by atoms with Gasteiger partial charge in [-0.1, -0.05) is 0 Å². The molecule has 60 valence electrons. The van der Waals surface area contributed by atoms with Crippen molar-refractivity contribution in [3.63, 3.8) is 0 Å². The third-order valence-electron chi connectivity index (χ3n) is 1.69. The van der Waals surface area contributed by atoms with Crippen LogP contribution in [0.1, 0.15) is 0 Å². The summed E-state index contributed by atoms with van der Waals surface area (Å²) in [6.07, 6.45) is 5.61. The second-order valence-electron chi connectivity index (χ2n) is 2.39. The second kappa shape index (κ2) is 3.11. The van der Waals surface area contributed by atoms with Gasteiger partial charge in [0.1, 0.15) is 5.03 Å². The molecule has 0 amide bonds. The number of thioether (sulfide) groups is 1. The van der Waals surface area contributed by atoms with Crippen molar-refractivity contribution in [3.05, 3.63) is 30.6 Å². The zero-order valence-corrected chi connectivity index (χ0v) is 7.51. The van der Waals surface area contributed by atoms with Crippen LogP contribution in [-0.4, -0.2) is 16.2 Å². The quantitative estimate of drug-likeness (QED) is 0.624. The van der Waals surface area contributed by atoms with E-state index in [4.69, 9.17) is 0 Å². The Hall–Kier alpha value is -1.09. The summed E-state index contributed by atoms with van der Waals surface area (Å²) >= 11 is 1.65. The smallest absolute Gasteiger partial charge is 0.105 e. The van der Waals surface area contributed by atoms with Gasteiger partial charge in [0.2, 0.25) is 0 Å². The van der Waals surface area contributed by atoms with E-state index >= 15 is 0 Å². The summed E-state index contributed by atoms with van der Waals surface area (Å²) < 4.78 is 0. The zero-order valence-electron chi connectivity index (χ0n) is 6.69. The molecule has 2 heterocycles. The van der Waals surface area contributed by atoms with E-state index in [-0.39, 0.29) is 0 Å². The van der Waals surface area contributed by atoms with E-state index in [2.05, 4.69) is 9.97 Å². The molecule has 2 aromatic rings. The van der Waals surface area contributed by atoms with E-state index in [9.17, 15) is 0 Å². The van der Waals surface area contributed by atoms with Crippen LogP contribution in [-0.2, 0) is 0 Å². The van der Waals surface area contributed by atoms with Crippen molar-refractivity contribution in [2.45, 2.75) is 5.03 Å². The van der Waals surface area contributed by atoms with Crippen LogP contribution in [0.15, 0.2) is 35.6 Å². The van der Waals surface area contributed by atoms with Gasteiger partial charge in [-0.25, -0.2) is 4.98 Å². The maximum absolute atomic E-state index is 4.25. The molecule has 0 spiro atoms. The van der Waals surface area contributed by atoms with Gasteiger partial charge in [-0.3, -0.25) is 4.98 Å². The van der Waals surface area contributed by atoms with Gasteiger partial charge < -0.3 is 0 Å². The average Bonchev–Trinajstić information content (AvgIpc) is 2.17. The molecule has 0 saturated carbocycles. The van der Waals surface area contributed by atoms with E-state index < -0.39 is 0 Å². The van der Waals surface area contributed by atoms with Crippen molar-refractivity contribution in [1.82, 2.24) is 9.97 Å². The minimum atomic E-state index is 1.01. The number of aromatic nitrogens is 2. The molecule has 0 saturated heterocycles. The molecule has 0 aromatic carbocycles. The normalized spacial score (nSPS) is 10.4. The highest BCUT2D eigenvalue weighted by Crippen LogP contribution is 2.21. The fourth-order valence-electron chi connectivity index (χ4n) is 1.14. The predicted molar refractivity (Wildman–Crippen MR) is 51.3 cm³/mol. The summed E-state index contributed by atoms with van der Waals surface area (Å²) in [5, 5.41) is 2.17. The Balaban J connectivity index is 2.79. The van der Waals surface area contributed by atoms with E-state index in [0.717, 1.165) is 15.9 Å². The van der Waals surface area contributed by atoms with Crippen molar-refractivity contribution >= 4 is 22.7 Å². The number of nitrogens with zero attached hydrogens (tertiary/aromatic N) is 2. The van der Waals surface area contributed by atoms with Gasteiger partial charge in [0.15, 0.2) is 0 Å². The Bertz CT molecular complexity index is 395. The van der Waals surface area contributed by atoms with E-state index in [1.54, 1.807) is 24.2 Å². The average molecular weight is 176 g/mol. The molecule has 2 aromatic heterocycles. The Morgan fingerprint density at radius 1 is 1.17 bits per heavy atom. The lowest BCUT2D eigenvalue weighted by Crippen LogP contribution is -1.83. The van der Waals surface area contributed by atoms with Gasteiger partial charge in [0.25, 0.3) is 0 Å². The molecule has 0 N–H and O–H groups in total. The van der Waals surface area contributed by atoms with E-state index in [1.807, 2.05) is 24.5 Å². The second-order valence-corrected chi connectivity index (χ2v) is 3.19. The summed E-state index contributed by atoms with van der Waals surface area (Å²) in [5.41, 5.74) is 1.01. The SMILES string of the molecule is CSc1nccc2ncccc12. The van der Waals surface area contributed by atoms with Gasteiger partial charge >= 0.3 is 0 Å². The van der Waals surface area contributed by atoms with Gasteiger partial charge in [-0.2, -0.15) is 0 Å². The first kappa shape index (κ1) is 7.55. The molecule has 0 aliphatic rings. The molecule has 0 radical (unpaired) electrons. The van der Waals surface area contributed by atoms with E-state index in [1.165, 1.54) is 0 Å². The molecule has 0 atom stereocenters. The third kappa shape index (κ3) is 1.16. The van der Waals surface area contributed by atoms with Crippen molar-refractivity contribution in [2.24, 2.45) is 0 Å². The van der Waals surface area contributed by atoms with Gasteiger partial charge in [0, 0.05) is 17.8 Å². The summed E-state index contributed by atoms with van der Waals surface area (Å²) in [4.78, 5) is 8.48. The van der Waals surface area contributed by atoms with Crippen LogP contribution in [0.2, 0.25) is 0 Å². The predicted octanol–water partition coefficient (Wildman–Crippen LogP) is 2.35. The van der Waals surface area contributed by atoms with Crippen LogP contribution >= 0.6 is 11.8 Å². The topological polar surface area (TPSA) is 25.8 Å². The third-order valence-corrected chi connectivity index (χ3v) is 2.40. The lowest BCUT2D eigenvalue weighted by atomic mass is 10.3. The molecule has 2 rings (SSSR count). The Morgan fingerprint density at radius 3 is 2.92 bits per heavy atom. The van der Waals surface area contributed by atoms with Crippen LogP contribution in [0.25, 0.3) is 10.9 Å². The molecule has 0 fully saturated rings. The van der Waals surface area contributed by atoms with Gasteiger partial charge in [0.05, 0.1) is 5.52 Å². The number of hydrogen-bond donors (Lipinski definition) is 0. The Morgan fingerprint density at radius 2 is 2.08 bits per heavy atom. The Kier molecular flexibility index (Phi) is 1.96. The maximum Gasteiger partial charge on any atom is 0.105 e. The fourth-order valence-corrected chi connectivity index (χ4v) is 1.70. The van der Waals surface area contributed by atoms with Crippen LogP contribution in [0.5, 0.6) is 0 Å². The van der Waals surface area contributed by atoms with E-state index in [0.29, 0.717) is 0 Å². The molecular formula is C9H8N2S. The monoisotopic (exact) mass is 176 g/mol. The summed E-state index contributed by atoms with van der Waals surface area (Å²) in [6.45, 7) is 0. The fraction of sp³-hybridized carbons (Fsp3) is 0.111. The highest BCUT2D eigenvalue weighted by molar-refractivity contribution is 7.98. The zero-order chi connectivity index (χ0) is 8.39. The lowest BCUT2D eigenvalue weighted by Gasteiger charge is -1.99. The maximum atomic E-state index is 4.25. The number of fused-ring (bicyclic) bond motifs is 1. The van der Waals surface area contributed by atoms with Crippen molar-refractivity contribution in [2.75, 3.05) is 6.26 Å². The number of hydrogen-bond acceptors (Lipinski definition) is 3. The molecule has 3 heteroatoms. The molecule has 0 unspecified atom stereocenters. The van der Waals surface area contributed by atoms with Gasteiger partial charge in [-0.15, -0.1) is 11.8 Å². The van der Waals surface area contributed by atoms with Crippen LogP contribution in [0, 0.1) is 0 Å². The number of rotatable bonds is 1. The molecule has 2 nitrogen and oxygen atoms in total. The first-order chi connectivity index (χ1) is 5.92. The minimum absolute atomic E-state index is 1.01. The van der Waals surface area contributed by atoms with Crippen LogP contribution < -0.4 is 0 Å². The lowest BCUT2D eigenvalue weighted by molar-refractivity contribution is 1.17. The van der Waals surface area contributed by atoms with Crippen molar-refractivity contribution in [3.8, 4) is 0 Å². The molecule has 12 heavy (non-hydrogen) atoms. The molecule has 0 bridgehead atoms. The summed E-state index contributed by atoms with van der Waals surface area (Å²) in [6, 6.07) is 5.90.